The highest BCUT2D eigenvalue weighted by molar-refractivity contribution is 7.99. The molecule has 0 aliphatic carbocycles. The monoisotopic (exact) mass is 400 g/mol. The number of carbonyl (C=O) groups is 1. The summed E-state index contributed by atoms with van der Waals surface area (Å²) in [4.78, 5) is 15.2. The predicted octanol–water partition coefficient (Wildman–Crippen LogP) is 4.44. The second-order valence-electron chi connectivity index (χ2n) is 6.17. The Morgan fingerprint density at radius 1 is 1.21 bits per heavy atom. The SMILES string of the molecule is CCCOc1ccc(-c2nnc(SCC(=O)Nc3cc(C)ccc3F)[nH]2)cc1. The van der Waals surface area contributed by atoms with E-state index >= 15 is 0 Å². The van der Waals surface area contributed by atoms with E-state index in [-0.39, 0.29) is 17.3 Å². The number of hydrogen-bond donors (Lipinski definition) is 2. The number of aromatic nitrogens is 3. The summed E-state index contributed by atoms with van der Waals surface area (Å²) < 4.78 is 19.3. The van der Waals surface area contributed by atoms with Crippen molar-refractivity contribution >= 4 is 23.4 Å². The van der Waals surface area contributed by atoms with E-state index in [0.717, 1.165) is 23.3 Å². The van der Waals surface area contributed by atoms with Gasteiger partial charge in [0.05, 0.1) is 18.0 Å². The standard InChI is InChI=1S/C20H21FN4O2S/c1-3-10-27-15-7-5-14(6-8-15)19-23-20(25-24-19)28-12-18(26)22-17-11-13(2)4-9-16(17)21/h4-9,11H,3,10,12H2,1-2H3,(H,22,26)(H,23,24,25). The Hall–Kier alpha value is -2.87. The maximum Gasteiger partial charge on any atom is 0.234 e. The Labute approximate surface area is 166 Å². The second-order valence-corrected chi connectivity index (χ2v) is 7.14. The number of amides is 1. The number of thioether (sulfide) groups is 1. The van der Waals surface area contributed by atoms with Crippen molar-refractivity contribution in [2.45, 2.75) is 25.4 Å². The van der Waals surface area contributed by atoms with E-state index in [1.54, 1.807) is 12.1 Å². The van der Waals surface area contributed by atoms with Gasteiger partial charge in [0.25, 0.3) is 0 Å². The molecule has 0 radical (unpaired) electrons. The maximum atomic E-state index is 13.7. The fraction of sp³-hybridized carbons (Fsp3) is 0.250. The molecule has 0 aliphatic heterocycles. The molecule has 0 spiro atoms. The first-order chi connectivity index (χ1) is 13.5. The Kier molecular flexibility index (Phi) is 6.65. The zero-order chi connectivity index (χ0) is 19.9. The molecule has 6 nitrogen and oxygen atoms in total. The average Bonchev–Trinajstić information content (AvgIpc) is 3.17. The molecule has 28 heavy (non-hydrogen) atoms. The van der Waals surface area contributed by atoms with Crippen LogP contribution in [0.15, 0.2) is 47.6 Å². The summed E-state index contributed by atoms with van der Waals surface area (Å²) in [6.45, 7) is 4.57. The maximum absolute atomic E-state index is 13.7. The first-order valence-corrected chi connectivity index (χ1v) is 9.88. The van der Waals surface area contributed by atoms with Gasteiger partial charge in [0, 0.05) is 5.56 Å². The van der Waals surface area contributed by atoms with Crippen LogP contribution < -0.4 is 10.1 Å². The molecule has 0 atom stereocenters. The third kappa shape index (κ3) is 5.32. The quantitative estimate of drug-likeness (QED) is 0.547. The Morgan fingerprint density at radius 3 is 2.75 bits per heavy atom. The van der Waals surface area contributed by atoms with E-state index in [1.165, 1.54) is 17.8 Å². The van der Waals surface area contributed by atoms with Crippen LogP contribution in [0.2, 0.25) is 0 Å². The van der Waals surface area contributed by atoms with Gasteiger partial charge in [0.2, 0.25) is 5.91 Å². The van der Waals surface area contributed by atoms with Crippen molar-refractivity contribution in [1.82, 2.24) is 15.2 Å². The first-order valence-electron chi connectivity index (χ1n) is 8.90. The highest BCUT2D eigenvalue weighted by Crippen LogP contribution is 2.22. The van der Waals surface area contributed by atoms with E-state index in [1.807, 2.05) is 31.2 Å². The average molecular weight is 400 g/mol. The third-order valence-corrected chi connectivity index (χ3v) is 4.67. The van der Waals surface area contributed by atoms with E-state index in [2.05, 4.69) is 27.4 Å². The normalized spacial score (nSPS) is 10.7. The Morgan fingerprint density at radius 2 is 2.00 bits per heavy atom. The number of aromatic amines is 1. The molecule has 1 amide bonds. The number of ether oxygens (including phenoxy) is 1. The van der Waals surface area contributed by atoms with Gasteiger partial charge in [0.1, 0.15) is 11.6 Å². The topological polar surface area (TPSA) is 79.9 Å². The van der Waals surface area contributed by atoms with E-state index in [4.69, 9.17) is 4.74 Å². The summed E-state index contributed by atoms with van der Waals surface area (Å²) in [6.07, 6.45) is 0.953. The first kappa shape index (κ1) is 19.9. The van der Waals surface area contributed by atoms with Crippen molar-refractivity contribution in [3.05, 3.63) is 53.8 Å². The van der Waals surface area contributed by atoms with Gasteiger partial charge in [0.15, 0.2) is 11.0 Å². The number of anilines is 1. The van der Waals surface area contributed by atoms with E-state index in [9.17, 15) is 9.18 Å². The number of carbonyl (C=O) groups excluding carboxylic acids is 1. The van der Waals surface area contributed by atoms with E-state index in [0.29, 0.717) is 17.6 Å². The molecule has 0 bridgehead atoms. The lowest BCUT2D eigenvalue weighted by Crippen LogP contribution is -2.15. The third-order valence-electron chi connectivity index (χ3n) is 3.80. The van der Waals surface area contributed by atoms with E-state index < -0.39 is 5.82 Å². The molecule has 3 rings (SSSR count). The summed E-state index contributed by atoms with van der Waals surface area (Å²) >= 11 is 1.20. The van der Waals surface area contributed by atoms with Gasteiger partial charge in [-0.3, -0.25) is 4.79 Å². The number of hydrogen-bond acceptors (Lipinski definition) is 5. The highest BCUT2D eigenvalue weighted by atomic mass is 32.2. The molecule has 2 N–H and O–H groups in total. The van der Waals surface area contributed by atoms with Crippen LogP contribution in [0, 0.1) is 12.7 Å². The molecular formula is C20H21FN4O2S. The number of rotatable bonds is 8. The van der Waals surface area contributed by atoms with Crippen molar-refractivity contribution in [3.8, 4) is 17.1 Å². The van der Waals surface area contributed by atoms with Gasteiger partial charge >= 0.3 is 0 Å². The lowest BCUT2D eigenvalue weighted by Gasteiger charge is -2.06. The van der Waals surface area contributed by atoms with Crippen LogP contribution in [0.1, 0.15) is 18.9 Å². The molecule has 0 saturated carbocycles. The Balaban J connectivity index is 1.55. The highest BCUT2D eigenvalue weighted by Gasteiger charge is 2.11. The van der Waals surface area contributed by atoms with Gasteiger partial charge in [-0.05, 0) is 55.3 Å². The molecular weight excluding hydrogens is 379 g/mol. The number of nitrogens with one attached hydrogen (secondary N) is 2. The minimum absolute atomic E-state index is 0.0891. The minimum atomic E-state index is -0.461. The van der Waals surface area contributed by atoms with Crippen molar-refractivity contribution in [1.29, 1.82) is 0 Å². The number of halogens is 1. The van der Waals surface area contributed by atoms with Crippen LogP contribution in [0.3, 0.4) is 0 Å². The number of aryl methyl sites for hydroxylation is 1. The van der Waals surface area contributed by atoms with Gasteiger partial charge in [-0.15, -0.1) is 10.2 Å². The molecule has 0 unspecified atom stereocenters. The van der Waals surface area contributed by atoms with Gasteiger partial charge < -0.3 is 15.0 Å². The van der Waals surface area contributed by atoms with Crippen LogP contribution in [-0.4, -0.2) is 33.4 Å². The molecule has 0 fully saturated rings. The van der Waals surface area contributed by atoms with Crippen LogP contribution >= 0.6 is 11.8 Å². The number of nitrogens with zero attached hydrogens (tertiary/aromatic N) is 2. The summed E-state index contributed by atoms with van der Waals surface area (Å²) in [6, 6.07) is 12.1. The molecule has 1 heterocycles. The van der Waals surface area contributed by atoms with Crippen molar-refractivity contribution in [3.63, 3.8) is 0 Å². The van der Waals surface area contributed by atoms with Crippen molar-refractivity contribution < 1.29 is 13.9 Å². The molecule has 8 heteroatoms. The summed E-state index contributed by atoms with van der Waals surface area (Å²) in [5, 5.41) is 11.2. The second kappa shape index (κ2) is 9.36. The molecule has 3 aromatic rings. The van der Waals surface area contributed by atoms with Gasteiger partial charge in [-0.1, -0.05) is 24.8 Å². The fourth-order valence-corrected chi connectivity index (χ4v) is 3.03. The van der Waals surface area contributed by atoms with Crippen LogP contribution in [0.5, 0.6) is 5.75 Å². The van der Waals surface area contributed by atoms with Crippen LogP contribution in [0.25, 0.3) is 11.4 Å². The lowest BCUT2D eigenvalue weighted by atomic mass is 10.2. The summed E-state index contributed by atoms with van der Waals surface area (Å²) in [5.74, 6) is 0.725. The zero-order valence-electron chi connectivity index (χ0n) is 15.7. The number of H-pyrrole nitrogens is 1. The smallest absolute Gasteiger partial charge is 0.234 e. The summed E-state index contributed by atoms with van der Waals surface area (Å²) in [7, 11) is 0. The van der Waals surface area contributed by atoms with Crippen molar-refractivity contribution in [2.24, 2.45) is 0 Å². The Bertz CT molecular complexity index is 944. The van der Waals surface area contributed by atoms with Crippen molar-refractivity contribution in [2.75, 3.05) is 17.7 Å². The number of benzene rings is 2. The molecule has 2 aromatic carbocycles. The minimum Gasteiger partial charge on any atom is -0.494 e. The molecule has 1 aromatic heterocycles. The molecule has 146 valence electrons. The molecule has 0 saturated heterocycles. The predicted molar refractivity (Wildman–Crippen MR) is 108 cm³/mol. The molecule has 0 aliphatic rings. The fourth-order valence-electron chi connectivity index (χ4n) is 2.43. The summed E-state index contributed by atoms with van der Waals surface area (Å²) in [5.41, 5.74) is 1.92. The van der Waals surface area contributed by atoms with Gasteiger partial charge in [-0.25, -0.2) is 4.39 Å². The lowest BCUT2D eigenvalue weighted by molar-refractivity contribution is -0.113. The van der Waals surface area contributed by atoms with Crippen LogP contribution in [-0.2, 0) is 4.79 Å². The van der Waals surface area contributed by atoms with Crippen LogP contribution in [0.4, 0.5) is 10.1 Å². The largest absolute Gasteiger partial charge is 0.494 e. The zero-order valence-corrected chi connectivity index (χ0v) is 16.5. The van der Waals surface area contributed by atoms with Gasteiger partial charge in [-0.2, -0.15) is 0 Å².